The normalized spacial score (nSPS) is 16.3. The fourth-order valence-corrected chi connectivity index (χ4v) is 4.46. The number of benzene rings is 1. The second-order valence-corrected chi connectivity index (χ2v) is 8.21. The molecule has 26 heavy (non-hydrogen) atoms. The van der Waals surface area contributed by atoms with Crippen molar-refractivity contribution in [2.75, 3.05) is 5.32 Å². The lowest BCUT2D eigenvalue weighted by atomic mass is 9.88. The summed E-state index contributed by atoms with van der Waals surface area (Å²) in [7, 11) is 0. The van der Waals surface area contributed by atoms with Crippen LogP contribution in [0.1, 0.15) is 46.2 Å². The molecule has 0 saturated heterocycles. The molecule has 0 fully saturated rings. The molecule has 1 aliphatic rings. The van der Waals surface area contributed by atoms with E-state index in [0.717, 1.165) is 41.0 Å². The van der Waals surface area contributed by atoms with Gasteiger partial charge >= 0.3 is 0 Å². The van der Waals surface area contributed by atoms with Gasteiger partial charge in [-0.3, -0.25) is 15.2 Å². The van der Waals surface area contributed by atoms with Gasteiger partial charge in [0.25, 0.3) is 5.91 Å². The van der Waals surface area contributed by atoms with Crippen molar-refractivity contribution in [2.45, 2.75) is 40.0 Å². The molecular formula is C20H22N4OS. The Morgan fingerprint density at radius 3 is 3.00 bits per heavy atom. The lowest BCUT2D eigenvalue weighted by Gasteiger charge is -2.17. The van der Waals surface area contributed by atoms with Crippen LogP contribution in [0.25, 0.3) is 10.4 Å². The van der Waals surface area contributed by atoms with Gasteiger partial charge in [0.15, 0.2) is 10.8 Å². The van der Waals surface area contributed by atoms with Crippen LogP contribution in [0.2, 0.25) is 0 Å². The van der Waals surface area contributed by atoms with E-state index in [1.807, 2.05) is 6.20 Å². The number of aromatic amines is 1. The quantitative estimate of drug-likeness (QED) is 0.715. The highest BCUT2D eigenvalue weighted by Crippen LogP contribution is 2.32. The van der Waals surface area contributed by atoms with Gasteiger partial charge in [-0.25, -0.2) is 4.98 Å². The molecule has 1 aromatic carbocycles. The summed E-state index contributed by atoms with van der Waals surface area (Å²) in [5.41, 5.74) is 6.27. The zero-order valence-electron chi connectivity index (χ0n) is 15.2. The van der Waals surface area contributed by atoms with Gasteiger partial charge < -0.3 is 0 Å². The molecule has 1 atom stereocenters. The molecule has 0 saturated carbocycles. The first-order valence-corrected chi connectivity index (χ1v) is 9.74. The predicted octanol–water partition coefficient (Wildman–Crippen LogP) is 4.53. The summed E-state index contributed by atoms with van der Waals surface area (Å²) in [6.07, 6.45) is 4.83. The molecule has 2 heterocycles. The van der Waals surface area contributed by atoms with Crippen molar-refractivity contribution in [1.82, 2.24) is 15.2 Å². The number of amides is 1. The third kappa shape index (κ3) is 3.17. The topological polar surface area (TPSA) is 70.7 Å². The Morgan fingerprint density at radius 1 is 1.35 bits per heavy atom. The second kappa shape index (κ2) is 6.68. The molecule has 5 nitrogen and oxygen atoms in total. The van der Waals surface area contributed by atoms with Crippen LogP contribution in [0.4, 0.5) is 5.13 Å². The Hall–Kier alpha value is -2.47. The Morgan fingerprint density at radius 2 is 2.19 bits per heavy atom. The predicted molar refractivity (Wildman–Crippen MR) is 105 cm³/mol. The molecule has 0 radical (unpaired) electrons. The van der Waals surface area contributed by atoms with E-state index in [0.29, 0.717) is 16.7 Å². The summed E-state index contributed by atoms with van der Waals surface area (Å²) in [6.45, 7) is 6.40. The summed E-state index contributed by atoms with van der Waals surface area (Å²) in [5, 5.41) is 10.8. The molecule has 134 valence electrons. The molecule has 2 aromatic heterocycles. The van der Waals surface area contributed by atoms with Gasteiger partial charge in [0.1, 0.15) is 0 Å². The maximum absolute atomic E-state index is 12.7. The number of carbonyl (C=O) groups excluding carboxylic acids is 1. The van der Waals surface area contributed by atoms with E-state index >= 15 is 0 Å². The molecule has 3 aromatic rings. The number of fused-ring (bicyclic) bond motifs is 1. The Bertz CT molecular complexity index is 972. The number of aryl methyl sites for hydroxylation is 3. The highest BCUT2D eigenvalue weighted by molar-refractivity contribution is 7.19. The number of nitrogens with one attached hydrogen (secondary N) is 2. The van der Waals surface area contributed by atoms with E-state index in [4.69, 9.17) is 0 Å². The third-order valence-corrected chi connectivity index (χ3v) is 5.93. The van der Waals surface area contributed by atoms with Gasteiger partial charge in [0, 0.05) is 17.5 Å². The minimum atomic E-state index is -0.182. The fraction of sp³-hybridized carbons (Fsp3) is 0.350. The van der Waals surface area contributed by atoms with Gasteiger partial charge in [-0.1, -0.05) is 42.0 Å². The van der Waals surface area contributed by atoms with E-state index in [-0.39, 0.29) is 5.91 Å². The first-order chi connectivity index (χ1) is 12.5. The summed E-state index contributed by atoms with van der Waals surface area (Å²) in [6, 6.07) is 6.36. The van der Waals surface area contributed by atoms with Gasteiger partial charge in [0.05, 0.1) is 4.88 Å². The molecule has 6 heteroatoms. The second-order valence-electron chi connectivity index (χ2n) is 7.18. The smallest absolute Gasteiger partial charge is 0.278 e. The number of nitrogens with zero attached hydrogens (tertiary/aromatic N) is 2. The van der Waals surface area contributed by atoms with Crippen molar-refractivity contribution in [3.05, 3.63) is 52.5 Å². The minimum Gasteiger partial charge on any atom is -0.296 e. The van der Waals surface area contributed by atoms with E-state index in [1.54, 1.807) is 0 Å². The molecule has 1 unspecified atom stereocenters. The van der Waals surface area contributed by atoms with Crippen LogP contribution in [0.3, 0.4) is 0 Å². The standard InChI is InChI=1S/C20H22N4OS/c1-11-4-6-14(13(3)8-11)17-10-21-20(26-17)22-19(25)18-15-9-12(2)5-7-16(15)23-24-18/h4,6,8,10,12H,5,7,9H2,1-3H3,(H,23,24)(H,21,22,25). The highest BCUT2D eigenvalue weighted by atomic mass is 32.1. The van der Waals surface area contributed by atoms with E-state index in [1.165, 1.54) is 22.5 Å². The third-order valence-electron chi connectivity index (χ3n) is 4.98. The lowest BCUT2D eigenvalue weighted by Crippen LogP contribution is -2.17. The summed E-state index contributed by atoms with van der Waals surface area (Å²) in [5.74, 6) is 0.403. The maximum atomic E-state index is 12.7. The largest absolute Gasteiger partial charge is 0.296 e. The molecule has 2 N–H and O–H groups in total. The Kier molecular flexibility index (Phi) is 4.36. The van der Waals surface area contributed by atoms with Gasteiger partial charge in [-0.05, 0) is 50.2 Å². The van der Waals surface area contributed by atoms with Crippen molar-refractivity contribution in [3.8, 4) is 10.4 Å². The van der Waals surface area contributed by atoms with Crippen molar-refractivity contribution in [2.24, 2.45) is 5.92 Å². The first kappa shape index (κ1) is 17.0. The number of anilines is 1. The average molecular weight is 366 g/mol. The minimum absolute atomic E-state index is 0.182. The van der Waals surface area contributed by atoms with Crippen LogP contribution in [-0.4, -0.2) is 21.1 Å². The molecule has 1 amide bonds. The average Bonchev–Trinajstić information content (AvgIpc) is 3.21. The molecule has 0 aliphatic heterocycles. The molecular weight excluding hydrogens is 344 g/mol. The van der Waals surface area contributed by atoms with Crippen LogP contribution < -0.4 is 5.32 Å². The molecule has 1 aliphatic carbocycles. The number of hydrogen-bond donors (Lipinski definition) is 2. The Balaban J connectivity index is 1.55. The maximum Gasteiger partial charge on any atom is 0.278 e. The fourth-order valence-electron chi connectivity index (χ4n) is 3.56. The van der Waals surface area contributed by atoms with Gasteiger partial charge in [-0.2, -0.15) is 5.10 Å². The summed E-state index contributed by atoms with van der Waals surface area (Å²) in [4.78, 5) is 18.1. The molecule has 0 bridgehead atoms. The van der Waals surface area contributed by atoms with Crippen LogP contribution >= 0.6 is 11.3 Å². The number of aromatic nitrogens is 3. The van der Waals surface area contributed by atoms with Gasteiger partial charge in [0.2, 0.25) is 0 Å². The van der Waals surface area contributed by atoms with Crippen LogP contribution in [-0.2, 0) is 12.8 Å². The van der Waals surface area contributed by atoms with E-state index < -0.39 is 0 Å². The molecule has 0 spiro atoms. The first-order valence-electron chi connectivity index (χ1n) is 8.92. The SMILES string of the molecule is Cc1ccc(-c2cnc(NC(=O)c3n[nH]c4c3CC(C)CC4)s2)c(C)c1. The van der Waals surface area contributed by atoms with E-state index in [9.17, 15) is 4.79 Å². The number of thiazole rings is 1. The zero-order chi connectivity index (χ0) is 18.3. The number of rotatable bonds is 3. The Labute approximate surface area is 156 Å². The number of hydrogen-bond acceptors (Lipinski definition) is 4. The van der Waals surface area contributed by atoms with Gasteiger partial charge in [-0.15, -0.1) is 0 Å². The highest BCUT2D eigenvalue weighted by Gasteiger charge is 2.25. The lowest BCUT2D eigenvalue weighted by molar-refractivity contribution is 0.102. The molecule has 4 rings (SSSR count). The monoisotopic (exact) mass is 366 g/mol. The summed E-state index contributed by atoms with van der Waals surface area (Å²) < 4.78 is 0. The zero-order valence-corrected chi connectivity index (χ0v) is 16.0. The number of carbonyl (C=O) groups is 1. The van der Waals surface area contributed by atoms with Crippen molar-refractivity contribution < 1.29 is 4.79 Å². The van der Waals surface area contributed by atoms with Crippen LogP contribution in [0.15, 0.2) is 24.4 Å². The van der Waals surface area contributed by atoms with Crippen LogP contribution in [0, 0.1) is 19.8 Å². The van der Waals surface area contributed by atoms with Crippen LogP contribution in [0.5, 0.6) is 0 Å². The van der Waals surface area contributed by atoms with E-state index in [2.05, 4.69) is 59.5 Å². The van der Waals surface area contributed by atoms with Crippen molar-refractivity contribution in [1.29, 1.82) is 0 Å². The number of H-pyrrole nitrogens is 1. The van der Waals surface area contributed by atoms with Crippen molar-refractivity contribution >= 4 is 22.4 Å². The van der Waals surface area contributed by atoms with Crippen molar-refractivity contribution in [3.63, 3.8) is 0 Å². The summed E-state index contributed by atoms with van der Waals surface area (Å²) >= 11 is 1.49.